The van der Waals surface area contributed by atoms with Crippen LogP contribution in [0.1, 0.15) is 28.9 Å². The lowest BCUT2D eigenvalue weighted by atomic mass is 10.1. The number of rotatable bonds is 2. The monoisotopic (exact) mass is 289 g/mol. The van der Waals surface area contributed by atoms with Crippen LogP contribution in [0.2, 0.25) is 0 Å². The smallest absolute Gasteiger partial charge is 0.348 e. The molecule has 0 saturated carbocycles. The van der Waals surface area contributed by atoms with Gasteiger partial charge in [0.05, 0.1) is 0 Å². The highest BCUT2D eigenvalue weighted by atomic mass is 19.4. The molecule has 1 fully saturated rings. The van der Waals surface area contributed by atoms with Gasteiger partial charge in [0.2, 0.25) is 0 Å². The van der Waals surface area contributed by atoms with E-state index in [2.05, 4.69) is 10.6 Å². The number of nitrogens with one attached hydrogen (secondary N) is 3. The first-order chi connectivity index (χ1) is 9.38. The molecule has 2 rings (SSSR count). The van der Waals surface area contributed by atoms with Gasteiger partial charge in [0.15, 0.2) is 0 Å². The Morgan fingerprint density at radius 3 is 2.65 bits per heavy atom. The van der Waals surface area contributed by atoms with Crippen molar-refractivity contribution < 1.29 is 18.0 Å². The van der Waals surface area contributed by atoms with Gasteiger partial charge in [-0.1, -0.05) is 0 Å². The third-order valence-corrected chi connectivity index (χ3v) is 3.09. The predicted octanol–water partition coefficient (Wildman–Crippen LogP) is 0.875. The molecule has 1 aromatic rings. The van der Waals surface area contributed by atoms with Crippen LogP contribution in [-0.4, -0.2) is 30.0 Å². The third-order valence-electron chi connectivity index (χ3n) is 3.09. The van der Waals surface area contributed by atoms with Crippen molar-refractivity contribution >= 4 is 5.91 Å². The Bertz CT molecular complexity index is 548. The Morgan fingerprint density at radius 1 is 1.35 bits per heavy atom. The fraction of sp³-hybridized carbons (Fsp3) is 0.500. The first kappa shape index (κ1) is 14.6. The molecule has 1 aromatic heterocycles. The van der Waals surface area contributed by atoms with E-state index in [1.165, 1.54) is 0 Å². The van der Waals surface area contributed by atoms with Crippen LogP contribution < -0.4 is 16.2 Å². The number of piperidine rings is 1. The van der Waals surface area contributed by atoms with Crippen LogP contribution in [0.3, 0.4) is 0 Å². The third kappa shape index (κ3) is 3.38. The van der Waals surface area contributed by atoms with Crippen molar-refractivity contribution in [1.82, 2.24) is 15.6 Å². The molecule has 0 aromatic carbocycles. The molecule has 8 heteroatoms. The van der Waals surface area contributed by atoms with Gasteiger partial charge in [-0.2, -0.15) is 13.2 Å². The number of alkyl halides is 3. The fourth-order valence-corrected chi connectivity index (χ4v) is 2.06. The second kappa shape index (κ2) is 5.66. The molecule has 110 valence electrons. The number of H-pyrrole nitrogens is 1. The summed E-state index contributed by atoms with van der Waals surface area (Å²) in [6.07, 6.45) is -2.97. The van der Waals surface area contributed by atoms with E-state index < -0.39 is 23.3 Å². The van der Waals surface area contributed by atoms with E-state index in [-0.39, 0.29) is 11.6 Å². The first-order valence-electron chi connectivity index (χ1n) is 6.20. The molecule has 2 heterocycles. The van der Waals surface area contributed by atoms with Crippen molar-refractivity contribution in [2.24, 2.45) is 0 Å². The van der Waals surface area contributed by atoms with Gasteiger partial charge in [-0.3, -0.25) is 9.59 Å². The molecule has 1 amide bonds. The minimum Gasteiger partial charge on any atom is -0.348 e. The van der Waals surface area contributed by atoms with Crippen LogP contribution in [0.4, 0.5) is 13.2 Å². The van der Waals surface area contributed by atoms with Crippen molar-refractivity contribution in [3.8, 4) is 0 Å². The maximum absolute atomic E-state index is 12.4. The Kier molecular flexibility index (Phi) is 4.12. The largest absolute Gasteiger partial charge is 0.431 e. The first-order valence-corrected chi connectivity index (χ1v) is 6.20. The Balaban J connectivity index is 2.12. The van der Waals surface area contributed by atoms with Crippen molar-refractivity contribution in [2.75, 3.05) is 13.1 Å². The zero-order valence-corrected chi connectivity index (χ0v) is 10.5. The molecule has 1 aliphatic rings. The highest BCUT2D eigenvalue weighted by Gasteiger charge is 2.32. The van der Waals surface area contributed by atoms with Gasteiger partial charge in [0.1, 0.15) is 11.3 Å². The Labute approximate surface area is 112 Å². The van der Waals surface area contributed by atoms with Crippen LogP contribution in [0.5, 0.6) is 0 Å². The van der Waals surface area contributed by atoms with Gasteiger partial charge in [-0.15, -0.1) is 0 Å². The fourth-order valence-electron chi connectivity index (χ4n) is 2.06. The summed E-state index contributed by atoms with van der Waals surface area (Å²) in [5.74, 6) is -0.659. The molecule has 5 nitrogen and oxygen atoms in total. The lowest BCUT2D eigenvalue weighted by Crippen LogP contribution is -2.46. The summed E-state index contributed by atoms with van der Waals surface area (Å²) < 4.78 is 37.2. The molecule has 0 spiro atoms. The minimum absolute atomic E-state index is 0.113. The second-order valence-corrected chi connectivity index (χ2v) is 4.63. The summed E-state index contributed by atoms with van der Waals surface area (Å²) in [5, 5.41) is 5.72. The number of pyridine rings is 1. The quantitative estimate of drug-likeness (QED) is 0.756. The summed E-state index contributed by atoms with van der Waals surface area (Å²) >= 11 is 0. The van der Waals surface area contributed by atoms with Crippen LogP contribution in [0.15, 0.2) is 16.9 Å². The van der Waals surface area contributed by atoms with E-state index in [0.29, 0.717) is 12.6 Å². The molecule has 1 saturated heterocycles. The maximum atomic E-state index is 12.4. The van der Waals surface area contributed by atoms with E-state index in [0.717, 1.165) is 25.5 Å². The van der Waals surface area contributed by atoms with E-state index in [1.807, 2.05) is 0 Å². The highest BCUT2D eigenvalue weighted by Crippen LogP contribution is 2.26. The number of amides is 1. The molecular formula is C12H14F3N3O2. The van der Waals surface area contributed by atoms with Crippen molar-refractivity contribution in [1.29, 1.82) is 0 Å². The predicted molar refractivity (Wildman–Crippen MR) is 65.4 cm³/mol. The molecule has 0 radical (unpaired) electrons. The van der Waals surface area contributed by atoms with Crippen molar-refractivity contribution in [3.63, 3.8) is 0 Å². The zero-order chi connectivity index (χ0) is 14.8. The van der Waals surface area contributed by atoms with Gasteiger partial charge in [0, 0.05) is 12.6 Å². The number of carbonyl (C=O) groups is 1. The number of carbonyl (C=O) groups excluding carboxylic acids is 1. The number of hydrogen-bond acceptors (Lipinski definition) is 3. The van der Waals surface area contributed by atoms with Gasteiger partial charge in [-0.05, 0) is 31.5 Å². The Hall–Kier alpha value is -1.83. The summed E-state index contributed by atoms with van der Waals surface area (Å²) in [4.78, 5) is 25.1. The topological polar surface area (TPSA) is 74.0 Å². The maximum Gasteiger partial charge on any atom is 0.431 e. The lowest BCUT2D eigenvalue weighted by molar-refractivity contribution is -0.141. The SMILES string of the molecule is O=C(NC1CCCNC1)c1ccc(C(F)(F)F)[nH]c1=O. The van der Waals surface area contributed by atoms with Crippen LogP contribution in [-0.2, 0) is 6.18 Å². The number of halogens is 3. The van der Waals surface area contributed by atoms with E-state index >= 15 is 0 Å². The summed E-state index contributed by atoms with van der Waals surface area (Å²) in [7, 11) is 0. The average molecular weight is 289 g/mol. The molecular weight excluding hydrogens is 275 g/mol. The van der Waals surface area contributed by atoms with Crippen molar-refractivity contribution in [2.45, 2.75) is 25.1 Å². The molecule has 0 aliphatic carbocycles. The normalized spacial score (nSPS) is 19.6. The second-order valence-electron chi connectivity index (χ2n) is 4.63. The number of aromatic amines is 1. The number of hydrogen-bond donors (Lipinski definition) is 3. The van der Waals surface area contributed by atoms with Gasteiger partial charge >= 0.3 is 6.18 Å². The lowest BCUT2D eigenvalue weighted by Gasteiger charge is -2.23. The highest BCUT2D eigenvalue weighted by molar-refractivity contribution is 5.94. The van der Waals surface area contributed by atoms with Crippen LogP contribution in [0.25, 0.3) is 0 Å². The molecule has 3 N–H and O–H groups in total. The van der Waals surface area contributed by atoms with E-state index in [1.54, 1.807) is 4.98 Å². The zero-order valence-electron chi connectivity index (χ0n) is 10.5. The molecule has 1 unspecified atom stereocenters. The van der Waals surface area contributed by atoms with Gasteiger partial charge in [0.25, 0.3) is 11.5 Å². The van der Waals surface area contributed by atoms with E-state index in [9.17, 15) is 22.8 Å². The molecule has 1 atom stereocenters. The summed E-state index contributed by atoms with van der Waals surface area (Å²) in [6.45, 7) is 1.46. The van der Waals surface area contributed by atoms with Gasteiger partial charge < -0.3 is 15.6 Å². The average Bonchev–Trinajstić information content (AvgIpc) is 2.38. The van der Waals surface area contributed by atoms with Crippen LogP contribution >= 0.6 is 0 Å². The van der Waals surface area contributed by atoms with Gasteiger partial charge in [-0.25, -0.2) is 0 Å². The number of aromatic nitrogens is 1. The Morgan fingerprint density at radius 2 is 2.10 bits per heavy atom. The van der Waals surface area contributed by atoms with Crippen LogP contribution in [0, 0.1) is 0 Å². The standard InChI is InChI=1S/C12H14F3N3O2/c13-12(14,15)9-4-3-8(11(20)18-9)10(19)17-7-2-1-5-16-6-7/h3-4,7,16H,1-2,5-6H2,(H,17,19)(H,18,20). The molecule has 1 aliphatic heterocycles. The minimum atomic E-state index is -4.64. The summed E-state index contributed by atoms with van der Waals surface area (Å²) in [6, 6.07) is 1.47. The summed E-state index contributed by atoms with van der Waals surface area (Å²) in [5.41, 5.74) is -2.52. The molecule has 0 bridgehead atoms. The molecule has 20 heavy (non-hydrogen) atoms. The van der Waals surface area contributed by atoms with Crippen molar-refractivity contribution in [3.05, 3.63) is 33.7 Å². The van der Waals surface area contributed by atoms with E-state index in [4.69, 9.17) is 0 Å².